The number of carbonyl (C=O) groups is 1. The number of hydrogen-bond acceptors (Lipinski definition) is 7. The molecule has 1 fully saturated rings. The van der Waals surface area contributed by atoms with Gasteiger partial charge in [0.25, 0.3) is 5.91 Å². The molecule has 0 spiro atoms. The number of rotatable bonds is 6. The van der Waals surface area contributed by atoms with Crippen LogP contribution < -0.4 is 24.8 Å². The van der Waals surface area contributed by atoms with Gasteiger partial charge in [0, 0.05) is 6.07 Å². The summed E-state index contributed by atoms with van der Waals surface area (Å²) in [6.07, 6.45) is 3.70. The van der Waals surface area contributed by atoms with Crippen LogP contribution in [-0.4, -0.2) is 53.9 Å². The van der Waals surface area contributed by atoms with E-state index >= 15 is 0 Å². The fraction of sp³-hybridized carbons (Fsp3) is 0.471. The molecule has 26 heavy (non-hydrogen) atoms. The Morgan fingerprint density at radius 2 is 2.15 bits per heavy atom. The van der Waals surface area contributed by atoms with Crippen molar-refractivity contribution in [3.8, 4) is 17.2 Å². The topological polar surface area (TPSA) is 99.5 Å². The minimum atomic E-state index is -0.250. The van der Waals surface area contributed by atoms with Crippen molar-refractivity contribution in [1.29, 1.82) is 0 Å². The summed E-state index contributed by atoms with van der Waals surface area (Å²) in [6, 6.07) is 5.68. The predicted octanol–water partition coefficient (Wildman–Crippen LogP) is 0.740. The molecule has 0 unspecified atom stereocenters. The molecule has 0 aliphatic carbocycles. The molecular formula is C17H21N5O4. The number of benzene rings is 1. The minimum absolute atomic E-state index is 0.229. The molecule has 2 aliphatic heterocycles. The fourth-order valence-corrected chi connectivity index (χ4v) is 3.02. The molecule has 1 aromatic heterocycles. The van der Waals surface area contributed by atoms with Crippen LogP contribution >= 0.6 is 0 Å². The summed E-state index contributed by atoms with van der Waals surface area (Å²) in [7, 11) is 0. The van der Waals surface area contributed by atoms with Gasteiger partial charge in [-0.15, -0.1) is 5.10 Å². The van der Waals surface area contributed by atoms with Gasteiger partial charge in [0.15, 0.2) is 17.2 Å². The Balaban J connectivity index is 1.23. The smallest absolute Gasteiger partial charge is 0.273 e. The first-order valence-corrected chi connectivity index (χ1v) is 8.73. The first-order chi connectivity index (χ1) is 12.8. The number of piperidine rings is 1. The number of ether oxygens (including phenoxy) is 3. The number of nitrogens with one attached hydrogen (secondary N) is 2. The van der Waals surface area contributed by atoms with Gasteiger partial charge >= 0.3 is 0 Å². The number of aromatic nitrogens is 3. The van der Waals surface area contributed by atoms with Crippen LogP contribution in [0.1, 0.15) is 29.4 Å². The van der Waals surface area contributed by atoms with Crippen LogP contribution in [-0.2, 0) is 0 Å². The average Bonchev–Trinajstić information content (AvgIpc) is 3.35. The fourth-order valence-electron chi connectivity index (χ4n) is 3.02. The van der Waals surface area contributed by atoms with Crippen LogP contribution in [0.2, 0.25) is 0 Å². The van der Waals surface area contributed by atoms with Gasteiger partial charge < -0.3 is 24.8 Å². The molecule has 0 atom stereocenters. The van der Waals surface area contributed by atoms with Crippen molar-refractivity contribution in [1.82, 2.24) is 25.6 Å². The quantitative estimate of drug-likeness (QED) is 0.734. The molecule has 138 valence electrons. The van der Waals surface area contributed by atoms with Crippen molar-refractivity contribution < 1.29 is 19.0 Å². The van der Waals surface area contributed by atoms with E-state index in [1.54, 1.807) is 29.1 Å². The van der Waals surface area contributed by atoms with Gasteiger partial charge in [0.2, 0.25) is 6.79 Å². The third-order valence-corrected chi connectivity index (χ3v) is 4.43. The largest absolute Gasteiger partial charge is 0.492 e. The molecule has 4 rings (SSSR count). The van der Waals surface area contributed by atoms with Gasteiger partial charge in [0.1, 0.15) is 12.4 Å². The van der Waals surface area contributed by atoms with Gasteiger partial charge in [-0.1, -0.05) is 5.21 Å². The van der Waals surface area contributed by atoms with Crippen molar-refractivity contribution in [2.75, 3.05) is 33.0 Å². The summed E-state index contributed by atoms with van der Waals surface area (Å²) in [6.45, 7) is 2.86. The maximum absolute atomic E-state index is 12.2. The number of fused-ring (bicyclic) bond motifs is 1. The van der Waals surface area contributed by atoms with Crippen molar-refractivity contribution in [3.05, 3.63) is 30.1 Å². The van der Waals surface area contributed by atoms with E-state index < -0.39 is 0 Å². The highest BCUT2D eigenvalue weighted by Gasteiger charge is 2.18. The summed E-state index contributed by atoms with van der Waals surface area (Å²) >= 11 is 0. The summed E-state index contributed by atoms with van der Waals surface area (Å²) in [5.41, 5.74) is 0.326. The number of nitrogens with zero attached hydrogens (tertiary/aromatic N) is 3. The van der Waals surface area contributed by atoms with Crippen LogP contribution in [0.3, 0.4) is 0 Å². The van der Waals surface area contributed by atoms with E-state index in [2.05, 4.69) is 20.9 Å². The van der Waals surface area contributed by atoms with Gasteiger partial charge in [-0.3, -0.25) is 4.79 Å². The second kappa shape index (κ2) is 7.61. The molecular weight excluding hydrogens is 338 g/mol. The minimum Gasteiger partial charge on any atom is -0.492 e. The van der Waals surface area contributed by atoms with Gasteiger partial charge in [-0.05, 0) is 38.1 Å². The van der Waals surface area contributed by atoms with E-state index in [1.807, 2.05) is 0 Å². The van der Waals surface area contributed by atoms with Gasteiger partial charge in [-0.2, -0.15) is 0 Å². The molecule has 1 aromatic carbocycles. The Morgan fingerprint density at radius 3 is 3.04 bits per heavy atom. The molecule has 0 radical (unpaired) electrons. The van der Waals surface area contributed by atoms with E-state index in [0.717, 1.165) is 25.9 Å². The van der Waals surface area contributed by atoms with Crippen LogP contribution in [0.5, 0.6) is 17.2 Å². The molecule has 9 heteroatoms. The molecule has 2 N–H and O–H groups in total. The summed E-state index contributed by atoms with van der Waals surface area (Å²) in [5.74, 6) is 1.79. The van der Waals surface area contributed by atoms with Gasteiger partial charge in [0.05, 0.1) is 18.8 Å². The second-order valence-corrected chi connectivity index (χ2v) is 6.18. The molecule has 0 saturated carbocycles. The van der Waals surface area contributed by atoms with E-state index in [0.29, 0.717) is 42.1 Å². The SMILES string of the molecule is O=C(NCCOc1ccc2c(c1)OCO2)c1cn(C2CCNCC2)nn1. The average molecular weight is 359 g/mol. The Morgan fingerprint density at radius 1 is 1.31 bits per heavy atom. The molecule has 3 heterocycles. The summed E-state index contributed by atoms with van der Waals surface area (Å²) in [5, 5.41) is 14.2. The third kappa shape index (κ3) is 3.72. The van der Waals surface area contributed by atoms with Crippen molar-refractivity contribution in [3.63, 3.8) is 0 Å². The zero-order chi connectivity index (χ0) is 17.8. The standard InChI is InChI=1S/C17H21N5O4/c23-17(14-10-22(21-20-14)12-3-5-18-6-4-12)19-7-8-24-13-1-2-15-16(9-13)26-11-25-15/h1-2,9-10,12,18H,3-8,11H2,(H,19,23). The third-order valence-electron chi connectivity index (χ3n) is 4.43. The lowest BCUT2D eigenvalue weighted by Crippen LogP contribution is -2.30. The zero-order valence-electron chi connectivity index (χ0n) is 14.3. The Bertz CT molecular complexity index is 772. The van der Waals surface area contributed by atoms with Crippen molar-refractivity contribution >= 4 is 5.91 Å². The number of hydrogen-bond donors (Lipinski definition) is 2. The van der Waals surface area contributed by atoms with Crippen LogP contribution in [0.25, 0.3) is 0 Å². The molecule has 2 aromatic rings. The highest BCUT2D eigenvalue weighted by atomic mass is 16.7. The van der Waals surface area contributed by atoms with Crippen molar-refractivity contribution in [2.24, 2.45) is 0 Å². The molecule has 0 bridgehead atoms. The highest BCUT2D eigenvalue weighted by Crippen LogP contribution is 2.34. The first kappa shape index (κ1) is 16.6. The molecule has 9 nitrogen and oxygen atoms in total. The van der Waals surface area contributed by atoms with E-state index in [4.69, 9.17) is 14.2 Å². The summed E-state index contributed by atoms with van der Waals surface area (Å²) in [4.78, 5) is 12.2. The monoisotopic (exact) mass is 359 g/mol. The van der Waals surface area contributed by atoms with Gasteiger partial charge in [-0.25, -0.2) is 4.68 Å². The van der Waals surface area contributed by atoms with Crippen LogP contribution in [0.15, 0.2) is 24.4 Å². The first-order valence-electron chi connectivity index (χ1n) is 8.73. The van der Waals surface area contributed by atoms with Crippen LogP contribution in [0, 0.1) is 0 Å². The highest BCUT2D eigenvalue weighted by molar-refractivity contribution is 5.91. The lowest BCUT2D eigenvalue weighted by Gasteiger charge is -2.22. The molecule has 1 saturated heterocycles. The molecule has 2 aliphatic rings. The lowest BCUT2D eigenvalue weighted by atomic mass is 10.1. The maximum Gasteiger partial charge on any atom is 0.273 e. The second-order valence-electron chi connectivity index (χ2n) is 6.18. The normalized spacial score (nSPS) is 16.5. The lowest BCUT2D eigenvalue weighted by molar-refractivity contribution is 0.0942. The number of carbonyl (C=O) groups excluding carboxylic acids is 1. The van der Waals surface area contributed by atoms with Crippen LogP contribution in [0.4, 0.5) is 0 Å². The maximum atomic E-state index is 12.2. The van der Waals surface area contributed by atoms with E-state index in [1.165, 1.54) is 0 Å². The van der Waals surface area contributed by atoms with E-state index in [9.17, 15) is 4.79 Å². The Kier molecular flexibility index (Phi) is 4.87. The Hall–Kier alpha value is -2.81. The zero-order valence-corrected chi connectivity index (χ0v) is 14.3. The number of amides is 1. The van der Waals surface area contributed by atoms with E-state index in [-0.39, 0.29) is 12.7 Å². The van der Waals surface area contributed by atoms with Crippen molar-refractivity contribution in [2.45, 2.75) is 18.9 Å². The summed E-state index contributed by atoms with van der Waals surface area (Å²) < 4.78 is 18.0. The predicted molar refractivity (Wildman–Crippen MR) is 91.6 cm³/mol. The Labute approximate surface area is 150 Å². The molecule has 1 amide bonds.